The summed E-state index contributed by atoms with van der Waals surface area (Å²) in [6, 6.07) is 19.3. The fraction of sp³-hybridized carbons (Fsp3) is 0.619. The molecular weight excluding hydrogens is 696 g/mol. The van der Waals surface area contributed by atoms with E-state index in [0.29, 0.717) is 0 Å². The Labute approximate surface area is 302 Å². The maximum absolute atomic E-state index is 2.74. The molecule has 0 nitrogen and oxygen atoms in total. The third-order valence-corrected chi connectivity index (χ3v) is 21.6. The van der Waals surface area contributed by atoms with Crippen LogP contribution >= 0.6 is 15.8 Å². The number of fused-ring (bicyclic) bond motifs is 2. The summed E-state index contributed by atoms with van der Waals surface area (Å²) in [4.78, 5) is 0. The van der Waals surface area contributed by atoms with E-state index in [-0.39, 0.29) is 25.3 Å². The van der Waals surface area contributed by atoms with Gasteiger partial charge in [-0.15, -0.1) is 0 Å². The summed E-state index contributed by atoms with van der Waals surface area (Å²) < 4.78 is 1.54. The number of rotatable bonds is 24. The summed E-state index contributed by atoms with van der Waals surface area (Å²) >= 11 is -0.863. The predicted octanol–water partition coefficient (Wildman–Crippen LogP) is 8.55. The molecule has 2 unspecified atom stereocenters. The summed E-state index contributed by atoms with van der Waals surface area (Å²) in [5.74, 6) is 0. The Morgan fingerprint density at radius 1 is 0.447 bits per heavy atom. The van der Waals surface area contributed by atoms with E-state index in [9.17, 15) is 0 Å². The Morgan fingerprint density at radius 3 is 1.09 bits per heavy atom. The third-order valence-electron chi connectivity index (χ3n) is 10.0. The maximum atomic E-state index is 2.74. The van der Waals surface area contributed by atoms with Crippen LogP contribution in [0.3, 0.4) is 0 Å². The van der Waals surface area contributed by atoms with E-state index in [4.69, 9.17) is 0 Å². The monoisotopic (exact) mass is 758 g/mol. The van der Waals surface area contributed by atoms with E-state index < -0.39 is 23.2 Å². The molecule has 2 aromatic rings. The van der Waals surface area contributed by atoms with Gasteiger partial charge in [0, 0.05) is 0 Å². The van der Waals surface area contributed by atoms with Crippen molar-refractivity contribution >= 4 is 28.0 Å². The minimum absolute atomic E-state index is 0. The Balaban J connectivity index is 0.00000384. The molecule has 0 fully saturated rings. The van der Waals surface area contributed by atoms with Crippen molar-refractivity contribution in [3.63, 3.8) is 0 Å². The van der Waals surface area contributed by atoms with Gasteiger partial charge >= 0.3 is 295 Å². The van der Waals surface area contributed by atoms with Crippen molar-refractivity contribution in [1.82, 2.24) is 0 Å². The Hall–Kier alpha value is -0.477. The quantitative estimate of drug-likeness (QED) is 0.0744. The minimum Gasteiger partial charge on any atom is -1.00 e. The van der Waals surface area contributed by atoms with Crippen LogP contribution in [0.15, 0.2) is 59.2 Å². The second-order valence-corrected chi connectivity index (χ2v) is 22.3. The van der Waals surface area contributed by atoms with Crippen LogP contribution in [0.4, 0.5) is 0 Å². The molecule has 2 atom stereocenters. The van der Waals surface area contributed by atoms with Crippen molar-refractivity contribution in [1.29, 1.82) is 0 Å². The van der Waals surface area contributed by atoms with Gasteiger partial charge in [0.05, 0.1) is 0 Å². The van der Waals surface area contributed by atoms with Gasteiger partial charge in [0.25, 0.3) is 0 Å². The van der Waals surface area contributed by atoms with E-state index >= 15 is 0 Å². The molecule has 0 amide bonds. The number of hydrogen-bond donors (Lipinski definition) is 0. The van der Waals surface area contributed by atoms with Gasteiger partial charge in [0.2, 0.25) is 0 Å². The fourth-order valence-electron chi connectivity index (χ4n) is 7.34. The van der Waals surface area contributed by atoms with Crippen molar-refractivity contribution in [3.8, 4) is 0 Å². The first kappa shape index (κ1) is 42.7. The molecule has 0 bridgehead atoms. The Kier molecular flexibility index (Phi) is 22.4. The molecule has 0 radical (unpaired) electrons. The molecule has 0 saturated carbocycles. The van der Waals surface area contributed by atoms with Gasteiger partial charge in [-0.3, -0.25) is 0 Å². The van der Waals surface area contributed by atoms with E-state index in [2.05, 4.69) is 88.4 Å². The molecule has 4 rings (SSSR count). The molecule has 0 saturated heterocycles. The number of hydrogen-bond acceptors (Lipinski definition) is 0. The smallest absolute Gasteiger partial charge is 1.00 e. The van der Waals surface area contributed by atoms with E-state index in [1.165, 1.54) is 127 Å². The first-order valence-electron chi connectivity index (χ1n) is 19.1. The van der Waals surface area contributed by atoms with Crippen LogP contribution in [0.1, 0.15) is 160 Å². The van der Waals surface area contributed by atoms with Crippen molar-refractivity contribution in [2.24, 2.45) is 0 Å². The summed E-state index contributed by atoms with van der Waals surface area (Å²) in [6.45, 7) is 9.44. The molecule has 260 valence electrons. The van der Waals surface area contributed by atoms with Crippen molar-refractivity contribution < 1.29 is 32.6 Å². The fourth-order valence-corrected chi connectivity index (χ4v) is 20.7. The zero-order chi connectivity index (χ0) is 31.7. The average Bonchev–Trinajstić information content (AvgIpc) is 3.62. The predicted molar refractivity (Wildman–Crippen MR) is 204 cm³/mol. The van der Waals surface area contributed by atoms with Gasteiger partial charge < -0.3 is 9.41 Å². The van der Waals surface area contributed by atoms with Gasteiger partial charge in [0.1, 0.15) is 0 Å². The number of unbranched alkanes of at least 4 members (excludes halogenated alkanes) is 12. The Bertz CT molecular complexity index is 1080. The molecular formula is C42H64F2P2Zr. The SMILES string of the molecule is CCCCCCP(CCCCCC)C1=Cc2ccccc2[CH]1[Zr+2][CH]1C(P(CCCCCC)CCCCCC)=Cc2ccccc21.[F-].[F-]. The number of allylic oxidation sites excluding steroid dienone is 2. The molecule has 0 aliphatic heterocycles. The van der Waals surface area contributed by atoms with Crippen LogP contribution in [0, 0.1) is 0 Å². The van der Waals surface area contributed by atoms with Crippen LogP contribution < -0.4 is 9.41 Å². The molecule has 0 N–H and O–H groups in total. The van der Waals surface area contributed by atoms with Crippen LogP contribution in [0.5, 0.6) is 0 Å². The van der Waals surface area contributed by atoms with Crippen molar-refractivity contribution in [2.45, 2.75) is 138 Å². The van der Waals surface area contributed by atoms with E-state index in [1.54, 1.807) is 22.3 Å². The van der Waals surface area contributed by atoms with Crippen LogP contribution in [0.2, 0.25) is 0 Å². The van der Waals surface area contributed by atoms with Gasteiger partial charge in [-0.25, -0.2) is 0 Å². The third kappa shape index (κ3) is 13.0. The molecule has 0 heterocycles. The maximum Gasteiger partial charge on any atom is -1.00 e. The molecule has 2 aliphatic rings. The molecule has 2 aromatic carbocycles. The zero-order valence-corrected chi connectivity index (χ0v) is 34.5. The normalized spacial score (nSPS) is 16.3. The molecule has 0 spiro atoms. The zero-order valence-electron chi connectivity index (χ0n) is 30.2. The van der Waals surface area contributed by atoms with Gasteiger partial charge in [-0.1, -0.05) is 0 Å². The van der Waals surface area contributed by atoms with Gasteiger partial charge in [-0.2, -0.15) is 0 Å². The van der Waals surface area contributed by atoms with Gasteiger partial charge in [-0.05, 0) is 0 Å². The summed E-state index contributed by atoms with van der Waals surface area (Å²) in [5.41, 5.74) is 6.58. The van der Waals surface area contributed by atoms with Crippen LogP contribution in [0.25, 0.3) is 12.2 Å². The van der Waals surface area contributed by atoms with Gasteiger partial charge in [0.15, 0.2) is 0 Å². The summed E-state index contributed by atoms with van der Waals surface area (Å²) in [6.07, 6.45) is 33.9. The summed E-state index contributed by atoms with van der Waals surface area (Å²) in [7, 11) is -0.0713. The molecule has 0 aromatic heterocycles. The molecule has 2 aliphatic carbocycles. The number of halogens is 2. The minimum atomic E-state index is -0.863. The number of benzene rings is 2. The average molecular weight is 760 g/mol. The largest absolute Gasteiger partial charge is 1.00 e. The van der Waals surface area contributed by atoms with Crippen LogP contribution in [-0.4, -0.2) is 24.6 Å². The first-order chi connectivity index (χ1) is 22.2. The van der Waals surface area contributed by atoms with Crippen LogP contribution in [-0.2, 0) is 23.2 Å². The first-order valence-corrected chi connectivity index (χ1v) is 25.3. The summed E-state index contributed by atoms with van der Waals surface area (Å²) in [5, 5.41) is 3.87. The molecule has 5 heteroatoms. The van der Waals surface area contributed by atoms with E-state index in [0.717, 1.165) is 7.25 Å². The standard InChI is InChI=1S/2C21H32P.2FH.Zr/c2*1-3-5-7-11-15-22(16-12-8-6-4-2)21-17-19-13-9-10-14-20(19)18-21;;;/h2*9-10,13-14,17-18H,3-8,11-12,15-16H2,1-2H3;2*1H;/q;;;;+2/p-2. The van der Waals surface area contributed by atoms with Crippen molar-refractivity contribution in [3.05, 3.63) is 81.4 Å². The second-order valence-electron chi connectivity index (χ2n) is 13.6. The topological polar surface area (TPSA) is 0 Å². The Morgan fingerprint density at radius 2 is 0.766 bits per heavy atom. The second kappa shape index (κ2) is 24.6. The van der Waals surface area contributed by atoms with E-state index in [1.807, 2.05) is 10.6 Å². The van der Waals surface area contributed by atoms with Crippen molar-refractivity contribution in [2.75, 3.05) is 24.6 Å². The molecule has 47 heavy (non-hydrogen) atoms.